The number of para-hydroxylation sites is 1. The Kier molecular flexibility index (Phi) is 4.10. The summed E-state index contributed by atoms with van der Waals surface area (Å²) in [5.74, 6) is -0.242. The molecule has 0 aliphatic carbocycles. The Morgan fingerprint density at radius 1 is 1.35 bits per heavy atom. The van der Waals surface area contributed by atoms with E-state index < -0.39 is 0 Å². The molecule has 0 spiro atoms. The Labute approximate surface area is 135 Å². The average Bonchev–Trinajstić information content (AvgIpc) is 2.71. The number of carbonyl (C=O) groups is 2. The first-order chi connectivity index (χ1) is 11.1. The number of hydrogen-bond donors (Lipinski definition) is 1. The van der Waals surface area contributed by atoms with Crippen molar-refractivity contribution in [3.05, 3.63) is 59.4 Å². The van der Waals surface area contributed by atoms with Crippen molar-refractivity contribution in [2.45, 2.75) is 26.3 Å². The van der Waals surface area contributed by atoms with Gasteiger partial charge in [-0.3, -0.25) is 14.6 Å². The monoisotopic (exact) mass is 309 g/mol. The molecule has 2 heterocycles. The molecule has 0 saturated carbocycles. The molecule has 1 N–H and O–H groups in total. The zero-order chi connectivity index (χ0) is 16.4. The van der Waals surface area contributed by atoms with Gasteiger partial charge in [0.05, 0.1) is 11.3 Å². The normalized spacial score (nSPS) is 17.2. The molecular formula is C18H19N3O2. The summed E-state index contributed by atoms with van der Waals surface area (Å²) in [6.45, 7) is 4.34. The van der Waals surface area contributed by atoms with Gasteiger partial charge in [0, 0.05) is 30.5 Å². The minimum Gasteiger partial charge on any atom is -0.348 e. The number of aryl methyl sites for hydroxylation is 1. The fourth-order valence-corrected chi connectivity index (χ4v) is 2.88. The van der Waals surface area contributed by atoms with Gasteiger partial charge in [-0.1, -0.05) is 19.1 Å². The van der Waals surface area contributed by atoms with Gasteiger partial charge in [-0.2, -0.15) is 0 Å². The number of rotatable bonds is 2. The van der Waals surface area contributed by atoms with E-state index in [-0.39, 0.29) is 17.9 Å². The number of carbonyl (C=O) groups excluding carboxylic acids is 2. The van der Waals surface area contributed by atoms with Crippen LogP contribution in [0.4, 0.5) is 5.69 Å². The highest BCUT2D eigenvalue weighted by Gasteiger charge is 2.29. The highest BCUT2D eigenvalue weighted by Crippen LogP contribution is 2.26. The molecule has 1 atom stereocenters. The zero-order valence-corrected chi connectivity index (χ0v) is 13.2. The molecule has 0 bridgehead atoms. The van der Waals surface area contributed by atoms with Crippen LogP contribution >= 0.6 is 0 Å². The van der Waals surface area contributed by atoms with Crippen molar-refractivity contribution in [2.24, 2.45) is 0 Å². The molecule has 1 aliphatic heterocycles. The quantitative estimate of drug-likeness (QED) is 0.926. The van der Waals surface area contributed by atoms with Crippen molar-refractivity contribution in [3.8, 4) is 0 Å². The number of pyridine rings is 1. The maximum Gasteiger partial charge on any atom is 0.258 e. The van der Waals surface area contributed by atoms with Crippen molar-refractivity contribution in [2.75, 3.05) is 11.4 Å². The van der Waals surface area contributed by atoms with E-state index in [0.717, 1.165) is 12.0 Å². The molecule has 5 nitrogen and oxygen atoms in total. The standard InChI is InChI=1S/C18H19N3O2/c1-3-13-10-19-9-8-14(13)18(23)21-11-12(2)20-17(22)15-6-4-5-7-16(15)21/h4-10,12H,3,11H2,1-2H3,(H,20,22). The Balaban J connectivity index is 2.08. The Hall–Kier alpha value is -2.69. The summed E-state index contributed by atoms with van der Waals surface area (Å²) in [4.78, 5) is 31.2. The van der Waals surface area contributed by atoms with Gasteiger partial charge in [0.25, 0.3) is 11.8 Å². The van der Waals surface area contributed by atoms with Crippen LogP contribution in [0.2, 0.25) is 0 Å². The molecule has 0 radical (unpaired) electrons. The lowest BCUT2D eigenvalue weighted by atomic mass is 10.1. The number of fused-ring (bicyclic) bond motifs is 1. The molecule has 0 fully saturated rings. The van der Waals surface area contributed by atoms with Gasteiger partial charge in [-0.25, -0.2) is 0 Å². The van der Waals surface area contributed by atoms with Crippen LogP contribution < -0.4 is 10.2 Å². The molecular weight excluding hydrogens is 290 g/mol. The summed E-state index contributed by atoms with van der Waals surface area (Å²) in [5.41, 5.74) is 2.72. The number of nitrogens with one attached hydrogen (secondary N) is 1. The number of benzene rings is 1. The van der Waals surface area contributed by atoms with Crippen molar-refractivity contribution in [1.82, 2.24) is 10.3 Å². The highest BCUT2D eigenvalue weighted by atomic mass is 16.2. The van der Waals surface area contributed by atoms with E-state index in [1.54, 1.807) is 35.5 Å². The van der Waals surface area contributed by atoms with Gasteiger partial charge in [-0.15, -0.1) is 0 Å². The molecule has 23 heavy (non-hydrogen) atoms. The Bertz CT molecular complexity index is 757. The third-order valence-electron chi connectivity index (χ3n) is 4.03. The van der Waals surface area contributed by atoms with Crippen molar-refractivity contribution in [1.29, 1.82) is 0 Å². The SMILES string of the molecule is CCc1cnccc1C(=O)N1CC(C)NC(=O)c2ccccc21. The lowest BCUT2D eigenvalue weighted by Crippen LogP contribution is -2.41. The summed E-state index contributed by atoms with van der Waals surface area (Å²) in [6.07, 6.45) is 4.09. The lowest BCUT2D eigenvalue weighted by molar-refractivity contribution is 0.0939. The molecule has 5 heteroatoms. The molecule has 1 aliphatic rings. The van der Waals surface area contributed by atoms with Crippen LogP contribution in [0.3, 0.4) is 0 Å². The van der Waals surface area contributed by atoms with Crippen LogP contribution in [0.25, 0.3) is 0 Å². The molecule has 2 amide bonds. The molecule has 0 saturated heterocycles. The van der Waals surface area contributed by atoms with Gasteiger partial charge in [0.15, 0.2) is 0 Å². The summed E-state index contributed by atoms with van der Waals surface area (Å²) in [6, 6.07) is 8.84. The van der Waals surface area contributed by atoms with Crippen LogP contribution in [0.5, 0.6) is 0 Å². The highest BCUT2D eigenvalue weighted by molar-refractivity contribution is 6.11. The maximum atomic E-state index is 13.1. The molecule has 1 aromatic carbocycles. The fraction of sp³-hybridized carbons (Fsp3) is 0.278. The summed E-state index contributed by atoms with van der Waals surface area (Å²) in [7, 11) is 0. The van der Waals surface area contributed by atoms with Gasteiger partial charge in [0.1, 0.15) is 0 Å². The van der Waals surface area contributed by atoms with E-state index >= 15 is 0 Å². The number of nitrogens with zero attached hydrogens (tertiary/aromatic N) is 2. The first-order valence-electron chi connectivity index (χ1n) is 7.76. The summed E-state index contributed by atoms with van der Waals surface area (Å²) in [5, 5.41) is 2.92. The first kappa shape index (κ1) is 15.2. The Morgan fingerprint density at radius 2 is 2.13 bits per heavy atom. The van der Waals surface area contributed by atoms with Crippen molar-refractivity contribution < 1.29 is 9.59 Å². The van der Waals surface area contributed by atoms with Gasteiger partial charge in [0.2, 0.25) is 0 Å². The molecule has 3 rings (SSSR count). The minimum atomic E-state index is -0.145. The van der Waals surface area contributed by atoms with Crippen molar-refractivity contribution >= 4 is 17.5 Å². The molecule has 2 aromatic rings. The predicted molar refractivity (Wildman–Crippen MR) is 88.7 cm³/mol. The topological polar surface area (TPSA) is 62.3 Å². The van der Waals surface area contributed by atoms with Gasteiger partial charge >= 0.3 is 0 Å². The fourth-order valence-electron chi connectivity index (χ4n) is 2.88. The maximum absolute atomic E-state index is 13.1. The summed E-state index contributed by atoms with van der Waals surface area (Å²) < 4.78 is 0. The number of anilines is 1. The largest absolute Gasteiger partial charge is 0.348 e. The van der Waals surface area contributed by atoms with E-state index in [4.69, 9.17) is 0 Å². The van der Waals surface area contributed by atoms with Gasteiger partial charge < -0.3 is 10.2 Å². The third kappa shape index (κ3) is 2.82. The van der Waals surface area contributed by atoms with E-state index in [1.165, 1.54) is 0 Å². The minimum absolute atomic E-state index is 0.0972. The predicted octanol–water partition coefficient (Wildman–Crippen LogP) is 2.42. The van der Waals surface area contributed by atoms with Crippen LogP contribution in [-0.2, 0) is 6.42 Å². The van der Waals surface area contributed by atoms with E-state index in [9.17, 15) is 9.59 Å². The third-order valence-corrected chi connectivity index (χ3v) is 4.03. The van der Waals surface area contributed by atoms with Crippen LogP contribution in [-0.4, -0.2) is 29.4 Å². The lowest BCUT2D eigenvalue weighted by Gasteiger charge is -2.25. The first-order valence-corrected chi connectivity index (χ1v) is 7.76. The van der Waals surface area contributed by atoms with Gasteiger partial charge in [-0.05, 0) is 37.1 Å². The van der Waals surface area contributed by atoms with E-state index in [0.29, 0.717) is 23.4 Å². The van der Waals surface area contributed by atoms with Crippen LogP contribution in [0, 0.1) is 0 Å². The van der Waals surface area contributed by atoms with Crippen molar-refractivity contribution in [3.63, 3.8) is 0 Å². The van der Waals surface area contributed by atoms with E-state index in [2.05, 4.69) is 10.3 Å². The second kappa shape index (κ2) is 6.20. The Morgan fingerprint density at radius 3 is 2.91 bits per heavy atom. The number of aromatic nitrogens is 1. The smallest absolute Gasteiger partial charge is 0.258 e. The van der Waals surface area contributed by atoms with Crippen LogP contribution in [0.15, 0.2) is 42.7 Å². The molecule has 118 valence electrons. The van der Waals surface area contributed by atoms with Crippen LogP contribution in [0.1, 0.15) is 40.1 Å². The number of hydrogen-bond acceptors (Lipinski definition) is 3. The summed E-state index contributed by atoms with van der Waals surface area (Å²) >= 11 is 0. The zero-order valence-electron chi connectivity index (χ0n) is 13.2. The second-order valence-electron chi connectivity index (χ2n) is 5.69. The number of amides is 2. The molecule has 1 aromatic heterocycles. The second-order valence-corrected chi connectivity index (χ2v) is 5.69. The average molecular weight is 309 g/mol. The molecule has 1 unspecified atom stereocenters. The van der Waals surface area contributed by atoms with E-state index in [1.807, 2.05) is 26.0 Å².